The smallest absolute Gasteiger partial charge is 0.264 e. The van der Waals surface area contributed by atoms with Crippen molar-refractivity contribution < 1.29 is 13.2 Å². The van der Waals surface area contributed by atoms with Crippen molar-refractivity contribution in [3.8, 4) is 0 Å². The van der Waals surface area contributed by atoms with Gasteiger partial charge in [0.1, 0.15) is 6.54 Å². The number of anilines is 1. The fourth-order valence-electron chi connectivity index (χ4n) is 3.79. The van der Waals surface area contributed by atoms with Crippen LogP contribution in [-0.2, 0) is 34.2 Å². The first kappa shape index (κ1) is 25.8. The van der Waals surface area contributed by atoms with Crippen molar-refractivity contribution in [1.82, 2.24) is 5.32 Å². The number of nitrogens with one attached hydrogen (secondary N) is 1. The van der Waals surface area contributed by atoms with Gasteiger partial charge in [-0.2, -0.15) is 0 Å². The van der Waals surface area contributed by atoms with Crippen LogP contribution in [-0.4, -0.2) is 20.9 Å². The van der Waals surface area contributed by atoms with Crippen molar-refractivity contribution in [2.45, 2.75) is 52.0 Å². The number of carbonyl (C=O) groups excluding carboxylic acids is 1. The number of sulfonamides is 1. The van der Waals surface area contributed by atoms with Crippen LogP contribution in [0.5, 0.6) is 0 Å². The van der Waals surface area contributed by atoms with Crippen LogP contribution in [0.3, 0.4) is 0 Å². The molecule has 3 aromatic rings. The van der Waals surface area contributed by atoms with Gasteiger partial charge in [0.25, 0.3) is 10.0 Å². The first-order valence-corrected chi connectivity index (χ1v) is 13.2. The number of aryl methyl sites for hydroxylation is 3. The summed E-state index contributed by atoms with van der Waals surface area (Å²) >= 11 is 6.29. The second kappa shape index (κ2) is 11.1. The highest BCUT2D eigenvalue weighted by atomic mass is 35.5. The number of benzene rings is 3. The van der Waals surface area contributed by atoms with Crippen molar-refractivity contribution in [1.29, 1.82) is 0 Å². The van der Waals surface area contributed by atoms with E-state index in [-0.39, 0.29) is 17.3 Å². The van der Waals surface area contributed by atoms with Crippen LogP contribution in [0.2, 0.25) is 5.02 Å². The minimum absolute atomic E-state index is 0.120. The van der Waals surface area contributed by atoms with E-state index in [1.165, 1.54) is 5.56 Å². The highest BCUT2D eigenvalue weighted by Crippen LogP contribution is 2.31. The molecule has 0 saturated carbocycles. The number of amides is 1. The Balaban J connectivity index is 1.91. The summed E-state index contributed by atoms with van der Waals surface area (Å²) in [4.78, 5) is 13.2. The molecule has 0 bridgehead atoms. The van der Waals surface area contributed by atoms with Crippen LogP contribution in [0, 0.1) is 13.8 Å². The van der Waals surface area contributed by atoms with E-state index in [4.69, 9.17) is 11.6 Å². The third kappa shape index (κ3) is 5.80. The van der Waals surface area contributed by atoms with Gasteiger partial charge in [-0.05, 0) is 73.2 Å². The van der Waals surface area contributed by atoms with Crippen molar-refractivity contribution >= 4 is 33.2 Å². The summed E-state index contributed by atoms with van der Waals surface area (Å²) in [5.41, 5.74) is 5.32. The number of hydrogen-bond acceptors (Lipinski definition) is 3. The summed E-state index contributed by atoms with van der Waals surface area (Å²) in [5, 5.41) is 3.35. The molecule has 0 saturated heterocycles. The van der Waals surface area contributed by atoms with Crippen LogP contribution in [0.25, 0.3) is 0 Å². The molecule has 0 aliphatic carbocycles. The molecule has 0 fully saturated rings. The average molecular weight is 499 g/mol. The number of halogens is 1. The predicted octanol–water partition coefficient (Wildman–Crippen LogP) is 5.59. The van der Waals surface area contributed by atoms with Gasteiger partial charge in [-0.15, -0.1) is 0 Å². The average Bonchev–Trinajstić information content (AvgIpc) is 2.83. The Hall–Kier alpha value is -2.83. The number of nitrogens with zero attached hydrogens (tertiary/aromatic N) is 1. The van der Waals surface area contributed by atoms with E-state index >= 15 is 0 Å². The van der Waals surface area contributed by atoms with Crippen molar-refractivity contribution in [2.75, 3.05) is 10.8 Å². The van der Waals surface area contributed by atoms with E-state index in [1.807, 2.05) is 6.92 Å². The third-order valence-corrected chi connectivity index (χ3v) is 8.12. The number of carbonyl (C=O) groups is 1. The molecule has 0 aliphatic rings. The summed E-state index contributed by atoms with van der Waals surface area (Å²) in [6, 6.07) is 17.9. The molecule has 0 unspecified atom stereocenters. The van der Waals surface area contributed by atoms with Crippen molar-refractivity contribution in [2.24, 2.45) is 0 Å². The number of rotatable bonds is 9. The molecule has 34 heavy (non-hydrogen) atoms. The lowest BCUT2D eigenvalue weighted by Crippen LogP contribution is -2.41. The normalized spacial score (nSPS) is 11.3. The zero-order valence-corrected chi connectivity index (χ0v) is 21.6. The molecule has 3 aromatic carbocycles. The van der Waals surface area contributed by atoms with Crippen molar-refractivity contribution in [3.63, 3.8) is 0 Å². The summed E-state index contributed by atoms with van der Waals surface area (Å²) in [6.07, 6.45) is 1.76. The molecule has 0 aromatic heterocycles. The maximum Gasteiger partial charge on any atom is 0.264 e. The molecule has 0 heterocycles. The molecule has 1 N–H and O–H groups in total. The molecule has 180 valence electrons. The Kier molecular flexibility index (Phi) is 8.39. The molecule has 0 radical (unpaired) electrons. The van der Waals surface area contributed by atoms with Gasteiger partial charge in [0.2, 0.25) is 5.91 Å². The minimum Gasteiger partial charge on any atom is -0.350 e. The van der Waals surface area contributed by atoms with E-state index in [2.05, 4.69) is 37.4 Å². The van der Waals surface area contributed by atoms with Gasteiger partial charge >= 0.3 is 0 Å². The standard InChI is InChI=1S/C27H31ClN2O3S/c1-5-21-12-13-22(6-2)23(16-21)17-29-27(31)18-30(26-9-7-8-25(28)20(26)4)34(32,33)24-14-10-19(3)11-15-24/h7-16H,5-6,17-18H2,1-4H3,(H,29,31). The summed E-state index contributed by atoms with van der Waals surface area (Å²) < 4.78 is 28.3. The predicted molar refractivity (Wildman–Crippen MR) is 139 cm³/mol. The molecule has 0 atom stereocenters. The van der Waals surface area contributed by atoms with Crippen LogP contribution >= 0.6 is 11.6 Å². The van der Waals surface area contributed by atoms with Crippen LogP contribution in [0.4, 0.5) is 5.69 Å². The molecular formula is C27H31ClN2O3S. The summed E-state index contributed by atoms with van der Waals surface area (Å²) in [6.45, 7) is 7.78. The molecular weight excluding hydrogens is 468 g/mol. The fourth-order valence-corrected chi connectivity index (χ4v) is 5.44. The van der Waals surface area contributed by atoms with Crippen molar-refractivity contribution in [3.05, 3.63) is 93.5 Å². The monoisotopic (exact) mass is 498 g/mol. The lowest BCUT2D eigenvalue weighted by atomic mass is 10.0. The van der Waals surface area contributed by atoms with E-state index in [1.54, 1.807) is 49.4 Å². The maximum absolute atomic E-state index is 13.6. The van der Waals surface area contributed by atoms with E-state index < -0.39 is 10.0 Å². The zero-order valence-electron chi connectivity index (χ0n) is 20.1. The Morgan fingerprint density at radius 1 is 0.941 bits per heavy atom. The second-order valence-electron chi connectivity index (χ2n) is 8.30. The molecule has 5 nitrogen and oxygen atoms in total. The van der Waals surface area contributed by atoms with Gasteiger partial charge in [-0.3, -0.25) is 9.10 Å². The summed E-state index contributed by atoms with van der Waals surface area (Å²) in [7, 11) is -4.00. The Morgan fingerprint density at radius 2 is 1.65 bits per heavy atom. The molecule has 1 amide bonds. The van der Waals surface area contributed by atoms with Gasteiger partial charge in [0.05, 0.1) is 10.6 Å². The van der Waals surface area contributed by atoms with Crippen LogP contribution in [0.1, 0.15) is 41.7 Å². The van der Waals surface area contributed by atoms with Gasteiger partial charge in [0, 0.05) is 11.6 Å². The van der Waals surface area contributed by atoms with Gasteiger partial charge < -0.3 is 5.32 Å². The Morgan fingerprint density at radius 3 is 2.29 bits per heavy atom. The lowest BCUT2D eigenvalue weighted by Gasteiger charge is -2.26. The second-order valence-corrected chi connectivity index (χ2v) is 10.6. The lowest BCUT2D eigenvalue weighted by molar-refractivity contribution is -0.119. The van der Waals surface area contributed by atoms with Gasteiger partial charge in [-0.25, -0.2) is 8.42 Å². The van der Waals surface area contributed by atoms with Gasteiger partial charge in [0.15, 0.2) is 0 Å². The fraction of sp³-hybridized carbons (Fsp3) is 0.296. The molecule has 0 spiro atoms. The largest absolute Gasteiger partial charge is 0.350 e. The van der Waals surface area contributed by atoms with E-state index in [0.29, 0.717) is 22.8 Å². The quantitative estimate of drug-likeness (QED) is 0.418. The topological polar surface area (TPSA) is 66.5 Å². The van der Waals surface area contributed by atoms with E-state index in [0.717, 1.165) is 33.8 Å². The highest BCUT2D eigenvalue weighted by Gasteiger charge is 2.28. The van der Waals surface area contributed by atoms with Crippen LogP contribution < -0.4 is 9.62 Å². The van der Waals surface area contributed by atoms with Gasteiger partial charge in [-0.1, -0.05) is 67.4 Å². The minimum atomic E-state index is -4.00. The van der Waals surface area contributed by atoms with Crippen LogP contribution in [0.15, 0.2) is 65.6 Å². The highest BCUT2D eigenvalue weighted by molar-refractivity contribution is 7.92. The zero-order chi connectivity index (χ0) is 24.9. The SMILES string of the molecule is CCc1ccc(CC)c(CNC(=O)CN(c2cccc(Cl)c2C)S(=O)(=O)c2ccc(C)cc2)c1. The van der Waals surface area contributed by atoms with E-state index in [9.17, 15) is 13.2 Å². The first-order valence-electron chi connectivity index (χ1n) is 11.4. The maximum atomic E-state index is 13.6. The third-order valence-electron chi connectivity index (χ3n) is 5.94. The molecule has 3 rings (SSSR count). The number of hydrogen-bond donors (Lipinski definition) is 1. The Labute approximate surface area is 207 Å². The summed E-state index contributed by atoms with van der Waals surface area (Å²) in [5.74, 6) is -0.390. The Bertz CT molecular complexity index is 1270. The molecule has 7 heteroatoms. The molecule has 0 aliphatic heterocycles. The first-order chi connectivity index (χ1) is 16.2.